The van der Waals surface area contributed by atoms with Crippen molar-refractivity contribution in [3.05, 3.63) is 41.5 Å². The minimum Gasteiger partial charge on any atom is -0.381 e. The van der Waals surface area contributed by atoms with Crippen molar-refractivity contribution in [3.63, 3.8) is 0 Å². The van der Waals surface area contributed by atoms with Gasteiger partial charge < -0.3 is 11.1 Å². The van der Waals surface area contributed by atoms with Gasteiger partial charge in [0.25, 0.3) is 0 Å². The first kappa shape index (κ1) is 13.0. The van der Waals surface area contributed by atoms with Crippen molar-refractivity contribution in [3.8, 4) is 0 Å². The Kier molecular flexibility index (Phi) is 3.19. The summed E-state index contributed by atoms with van der Waals surface area (Å²) >= 11 is 0. The summed E-state index contributed by atoms with van der Waals surface area (Å²) in [6.07, 6.45) is 2.32. The summed E-state index contributed by atoms with van der Waals surface area (Å²) in [5.41, 5.74) is 4.09. The van der Waals surface area contributed by atoms with Crippen LogP contribution in [0.15, 0.2) is 12.4 Å². The highest BCUT2D eigenvalue weighted by Crippen LogP contribution is 2.29. The molecule has 0 aliphatic rings. The van der Waals surface area contributed by atoms with Gasteiger partial charge in [0, 0.05) is 12.4 Å². The Labute approximate surface area is 103 Å². The Morgan fingerprint density at radius 1 is 0.789 bits per heavy atom. The van der Waals surface area contributed by atoms with Crippen molar-refractivity contribution in [2.24, 2.45) is 0 Å². The van der Waals surface area contributed by atoms with Gasteiger partial charge in [-0.25, -0.2) is 31.9 Å². The van der Waals surface area contributed by atoms with Gasteiger partial charge in [-0.1, -0.05) is 0 Å². The molecule has 1 aromatic heterocycles. The maximum absolute atomic E-state index is 13.3. The lowest BCUT2D eigenvalue weighted by molar-refractivity contribution is 0.382. The number of hydrogen-bond donors (Lipinski definition) is 2. The largest absolute Gasteiger partial charge is 0.381 e. The summed E-state index contributed by atoms with van der Waals surface area (Å²) < 4.78 is 65.4. The van der Waals surface area contributed by atoms with Gasteiger partial charge in [0.15, 0.2) is 34.9 Å². The third-order valence-corrected chi connectivity index (χ3v) is 2.18. The van der Waals surface area contributed by atoms with Gasteiger partial charge in [0.1, 0.15) is 5.69 Å². The molecule has 3 N–H and O–H groups in total. The first-order valence-electron chi connectivity index (χ1n) is 4.78. The van der Waals surface area contributed by atoms with Crippen LogP contribution < -0.4 is 11.1 Å². The fourth-order valence-electron chi connectivity index (χ4n) is 1.28. The second-order valence-electron chi connectivity index (χ2n) is 3.36. The Bertz CT molecular complexity index is 617. The van der Waals surface area contributed by atoms with Crippen LogP contribution in [0.2, 0.25) is 0 Å². The van der Waals surface area contributed by atoms with Crippen LogP contribution in [0.5, 0.6) is 0 Å². The molecule has 100 valence electrons. The van der Waals surface area contributed by atoms with Crippen molar-refractivity contribution >= 4 is 17.3 Å². The topological polar surface area (TPSA) is 63.8 Å². The predicted octanol–water partition coefficient (Wildman–Crippen LogP) is 2.50. The minimum absolute atomic E-state index is 0.258. The first-order valence-corrected chi connectivity index (χ1v) is 4.78. The fourth-order valence-corrected chi connectivity index (χ4v) is 1.28. The molecule has 9 heteroatoms. The van der Waals surface area contributed by atoms with E-state index >= 15 is 0 Å². The molecule has 0 bridgehead atoms. The van der Waals surface area contributed by atoms with Crippen LogP contribution in [0, 0.1) is 29.1 Å². The van der Waals surface area contributed by atoms with Crippen molar-refractivity contribution in [2.75, 3.05) is 11.1 Å². The van der Waals surface area contributed by atoms with Gasteiger partial charge in [0.2, 0.25) is 5.82 Å². The molecule has 2 aromatic rings. The molecular weight excluding hydrogens is 271 g/mol. The normalized spacial score (nSPS) is 10.6. The van der Waals surface area contributed by atoms with E-state index in [1.165, 1.54) is 6.20 Å². The molecule has 1 aromatic carbocycles. The van der Waals surface area contributed by atoms with E-state index in [4.69, 9.17) is 5.73 Å². The Morgan fingerprint density at radius 3 is 1.79 bits per heavy atom. The van der Waals surface area contributed by atoms with E-state index in [2.05, 4.69) is 9.97 Å². The number of nitrogens with zero attached hydrogens (tertiary/aromatic N) is 2. The number of anilines is 3. The molecule has 0 radical (unpaired) electrons. The van der Waals surface area contributed by atoms with Crippen LogP contribution in [-0.4, -0.2) is 9.97 Å². The van der Waals surface area contributed by atoms with E-state index < -0.39 is 34.8 Å². The van der Waals surface area contributed by atoms with E-state index in [1.54, 1.807) is 0 Å². The quantitative estimate of drug-likeness (QED) is 0.502. The number of hydrogen-bond acceptors (Lipinski definition) is 4. The molecule has 19 heavy (non-hydrogen) atoms. The molecule has 1 heterocycles. The molecule has 0 atom stereocenters. The first-order chi connectivity index (χ1) is 8.93. The average molecular weight is 276 g/mol. The van der Waals surface area contributed by atoms with Crippen molar-refractivity contribution < 1.29 is 22.0 Å². The monoisotopic (exact) mass is 276 g/mol. The van der Waals surface area contributed by atoms with Crippen LogP contribution in [-0.2, 0) is 0 Å². The summed E-state index contributed by atoms with van der Waals surface area (Å²) in [5.74, 6) is -11.0. The minimum atomic E-state index is -2.24. The molecule has 0 saturated heterocycles. The van der Waals surface area contributed by atoms with E-state index in [0.29, 0.717) is 0 Å². The van der Waals surface area contributed by atoms with Gasteiger partial charge in [-0.2, -0.15) is 0 Å². The summed E-state index contributed by atoms with van der Waals surface area (Å²) in [6, 6.07) is 0. The van der Waals surface area contributed by atoms with Crippen molar-refractivity contribution in [1.82, 2.24) is 9.97 Å². The molecule has 2 rings (SSSR count). The van der Waals surface area contributed by atoms with Crippen LogP contribution in [0.3, 0.4) is 0 Å². The highest BCUT2D eigenvalue weighted by Gasteiger charge is 2.26. The zero-order chi connectivity index (χ0) is 14.2. The Balaban J connectivity index is 2.56. The molecule has 0 aliphatic heterocycles. The van der Waals surface area contributed by atoms with Gasteiger partial charge >= 0.3 is 0 Å². The number of aromatic nitrogens is 2. The summed E-state index contributed by atoms with van der Waals surface area (Å²) in [6.45, 7) is 0. The molecule has 4 nitrogen and oxygen atoms in total. The van der Waals surface area contributed by atoms with Crippen molar-refractivity contribution in [2.45, 2.75) is 0 Å². The van der Waals surface area contributed by atoms with Gasteiger partial charge in [-0.3, -0.25) is 0 Å². The van der Waals surface area contributed by atoms with Crippen LogP contribution in [0.25, 0.3) is 0 Å². The summed E-state index contributed by atoms with van der Waals surface area (Å²) in [7, 11) is 0. The highest BCUT2D eigenvalue weighted by molar-refractivity contribution is 5.66. The maximum atomic E-state index is 13.3. The smallest absolute Gasteiger partial charge is 0.200 e. The molecule has 0 amide bonds. The third kappa shape index (κ3) is 2.14. The van der Waals surface area contributed by atoms with Gasteiger partial charge in [0.05, 0.1) is 0 Å². The molecule has 0 saturated carbocycles. The highest BCUT2D eigenvalue weighted by atomic mass is 19.2. The lowest BCUT2D eigenvalue weighted by atomic mass is 10.2. The number of nitrogens with one attached hydrogen (secondary N) is 1. The van der Waals surface area contributed by atoms with Crippen LogP contribution in [0.1, 0.15) is 0 Å². The van der Waals surface area contributed by atoms with Crippen LogP contribution >= 0.6 is 0 Å². The van der Waals surface area contributed by atoms with E-state index in [9.17, 15) is 22.0 Å². The number of halogens is 5. The van der Waals surface area contributed by atoms with Gasteiger partial charge in [-0.15, -0.1) is 0 Å². The van der Waals surface area contributed by atoms with Gasteiger partial charge in [-0.05, 0) is 0 Å². The molecule has 0 fully saturated rings. The summed E-state index contributed by atoms with van der Waals surface area (Å²) in [5, 5.41) is 1.92. The molecule has 0 unspecified atom stereocenters. The number of rotatable bonds is 2. The van der Waals surface area contributed by atoms with E-state index in [-0.39, 0.29) is 11.6 Å². The number of nitrogens with two attached hydrogens (primary N) is 1. The SMILES string of the molecule is Nc1nccnc1Nc1c(F)c(F)c(F)c(F)c1F. The standard InChI is InChI=1S/C10H5F5N4/c11-3-4(12)6(14)8(7(15)5(3)13)19-10-9(16)17-1-2-18-10/h1-2H,(H2,16,17)(H,18,19). The van der Waals surface area contributed by atoms with E-state index in [0.717, 1.165) is 6.20 Å². The third-order valence-electron chi connectivity index (χ3n) is 2.18. The van der Waals surface area contributed by atoms with Crippen LogP contribution in [0.4, 0.5) is 39.3 Å². The zero-order valence-corrected chi connectivity index (χ0v) is 9.02. The zero-order valence-electron chi connectivity index (χ0n) is 9.02. The number of nitrogen functional groups attached to an aromatic ring is 1. The predicted molar refractivity (Wildman–Crippen MR) is 56.0 cm³/mol. The molecular formula is C10H5F5N4. The molecule has 0 aliphatic carbocycles. The second kappa shape index (κ2) is 4.67. The number of benzene rings is 1. The lowest BCUT2D eigenvalue weighted by Gasteiger charge is -2.10. The second-order valence-corrected chi connectivity index (χ2v) is 3.36. The average Bonchev–Trinajstić information content (AvgIpc) is 2.41. The van der Waals surface area contributed by atoms with E-state index in [1.807, 2.05) is 5.32 Å². The fraction of sp³-hybridized carbons (Fsp3) is 0. The molecule has 0 spiro atoms. The summed E-state index contributed by atoms with van der Waals surface area (Å²) in [4.78, 5) is 7.11. The van der Waals surface area contributed by atoms with Crippen molar-refractivity contribution in [1.29, 1.82) is 0 Å². The lowest BCUT2D eigenvalue weighted by Crippen LogP contribution is -2.09. The Morgan fingerprint density at radius 2 is 1.26 bits per heavy atom. The maximum Gasteiger partial charge on any atom is 0.200 e. The Hall–Kier alpha value is -2.45.